The molecule has 2 aromatic carbocycles. The number of benzene rings is 2. The highest BCUT2D eigenvalue weighted by Gasteiger charge is 2.22. The first-order valence-electron chi connectivity index (χ1n) is 11.1. The maximum Gasteiger partial charge on any atom is 0.234 e. The van der Waals surface area contributed by atoms with Gasteiger partial charge in [-0.3, -0.25) is 0 Å². The van der Waals surface area contributed by atoms with Gasteiger partial charge in [0.2, 0.25) is 11.8 Å². The standard InChI is InChI=1S/C25H29N5OS/c1-18-11-9-10-16-30(18)22-17-23(31-21-14-7-4-8-15-21)28-24(27-22)29-25(32)26-19(2)20-12-5-3-6-13-20/h3-8,12-15,17-19H,9-11,16H2,1-2H3,(H2,26,27,28,29,32). The summed E-state index contributed by atoms with van der Waals surface area (Å²) in [5.41, 5.74) is 1.15. The third kappa shape index (κ3) is 5.73. The fourth-order valence-electron chi connectivity index (χ4n) is 3.88. The van der Waals surface area contributed by atoms with Gasteiger partial charge in [-0.25, -0.2) is 0 Å². The van der Waals surface area contributed by atoms with E-state index >= 15 is 0 Å². The molecule has 1 aliphatic rings. The van der Waals surface area contributed by atoms with E-state index < -0.39 is 0 Å². The zero-order chi connectivity index (χ0) is 22.3. The Labute approximate surface area is 195 Å². The summed E-state index contributed by atoms with van der Waals surface area (Å²) in [5.74, 6) is 2.48. The highest BCUT2D eigenvalue weighted by atomic mass is 32.1. The Morgan fingerprint density at radius 1 is 1.06 bits per heavy atom. The van der Waals surface area contributed by atoms with Gasteiger partial charge >= 0.3 is 0 Å². The van der Waals surface area contributed by atoms with E-state index in [1.54, 1.807) is 0 Å². The molecule has 0 saturated carbocycles. The van der Waals surface area contributed by atoms with E-state index in [0.717, 1.165) is 36.5 Å². The quantitative estimate of drug-likeness (QED) is 0.470. The molecular formula is C25H29N5OS. The Morgan fingerprint density at radius 3 is 2.50 bits per heavy atom. The molecule has 1 aliphatic heterocycles. The van der Waals surface area contributed by atoms with Crippen molar-refractivity contribution in [3.05, 3.63) is 72.3 Å². The van der Waals surface area contributed by atoms with Crippen molar-refractivity contribution in [2.24, 2.45) is 0 Å². The Hall–Kier alpha value is -3.19. The van der Waals surface area contributed by atoms with Crippen molar-refractivity contribution in [1.29, 1.82) is 0 Å². The molecule has 0 aliphatic carbocycles. The third-order valence-electron chi connectivity index (χ3n) is 5.62. The van der Waals surface area contributed by atoms with Crippen molar-refractivity contribution < 1.29 is 4.74 Å². The number of aromatic nitrogens is 2. The molecule has 4 rings (SSSR count). The minimum absolute atomic E-state index is 0.0570. The smallest absolute Gasteiger partial charge is 0.234 e. The van der Waals surface area contributed by atoms with Gasteiger partial charge in [-0.05, 0) is 63.0 Å². The Kier molecular flexibility index (Phi) is 7.17. The second kappa shape index (κ2) is 10.4. The number of hydrogen-bond acceptors (Lipinski definition) is 5. The van der Waals surface area contributed by atoms with Gasteiger partial charge in [-0.15, -0.1) is 0 Å². The van der Waals surface area contributed by atoms with Crippen LogP contribution in [-0.4, -0.2) is 27.7 Å². The van der Waals surface area contributed by atoms with Gasteiger partial charge < -0.3 is 20.3 Å². The normalized spacial score (nSPS) is 16.8. The number of para-hydroxylation sites is 1. The van der Waals surface area contributed by atoms with Crippen molar-refractivity contribution in [3.63, 3.8) is 0 Å². The summed E-state index contributed by atoms with van der Waals surface area (Å²) in [6.45, 7) is 5.27. The largest absolute Gasteiger partial charge is 0.439 e. The van der Waals surface area contributed by atoms with Crippen LogP contribution in [0.2, 0.25) is 0 Å². The zero-order valence-corrected chi connectivity index (χ0v) is 19.3. The van der Waals surface area contributed by atoms with Crippen LogP contribution < -0.4 is 20.3 Å². The number of ether oxygens (including phenoxy) is 1. The monoisotopic (exact) mass is 447 g/mol. The van der Waals surface area contributed by atoms with Gasteiger partial charge in [0.25, 0.3) is 0 Å². The predicted octanol–water partition coefficient (Wildman–Crippen LogP) is 5.70. The number of piperidine rings is 1. The molecule has 0 spiro atoms. The Morgan fingerprint density at radius 2 is 1.78 bits per heavy atom. The second-order valence-electron chi connectivity index (χ2n) is 8.07. The number of nitrogens with zero attached hydrogens (tertiary/aromatic N) is 3. The lowest BCUT2D eigenvalue weighted by Crippen LogP contribution is -2.38. The number of thiocarbonyl (C=S) groups is 1. The van der Waals surface area contributed by atoms with Crippen LogP contribution in [0.1, 0.15) is 44.7 Å². The summed E-state index contributed by atoms with van der Waals surface area (Å²) < 4.78 is 6.04. The molecule has 1 aromatic heterocycles. The van der Waals surface area contributed by atoms with Crippen LogP contribution in [0.15, 0.2) is 66.7 Å². The van der Waals surface area contributed by atoms with Crippen LogP contribution in [0.5, 0.6) is 11.6 Å². The summed E-state index contributed by atoms with van der Waals surface area (Å²) in [6, 6.07) is 22.2. The lowest BCUT2D eigenvalue weighted by atomic mass is 10.0. The number of rotatable bonds is 6. The molecule has 6 nitrogen and oxygen atoms in total. The zero-order valence-electron chi connectivity index (χ0n) is 18.5. The molecule has 0 amide bonds. The second-order valence-corrected chi connectivity index (χ2v) is 8.48. The summed E-state index contributed by atoms with van der Waals surface area (Å²) in [7, 11) is 0. The van der Waals surface area contributed by atoms with Crippen molar-refractivity contribution in [3.8, 4) is 11.6 Å². The number of hydrogen-bond donors (Lipinski definition) is 2. The minimum atomic E-state index is 0.0570. The highest BCUT2D eigenvalue weighted by molar-refractivity contribution is 7.80. The van der Waals surface area contributed by atoms with Gasteiger partial charge in [0.15, 0.2) is 5.11 Å². The fraction of sp³-hybridized carbons (Fsp3) is 0.320. The average molecular weight is 448 g/mol. The molecule has 0 bridgehead atoms. The average Bonchev–Trinajstić information content (AvgIpc) is 2.80. The SMILES string of the molecule is CC(NC(=S)Nc1nc(Oc2ccccc2)cc(N2CCCCC2C)n1)c1ccccc1. The first-order valence-corrected chi connectivity index (χ1v) is 11.5. The van der Waals surface area contributed by atoms with Crippen LogP contribution >= 0.6 is 12.2 Å². The summed E-state index contributed by atoms with van der Waals surface area (Å²) in [6.07, 6.45) is 3.54. The van der Waals surface area contributed by atoms with Crippen molar-refractivity contribution in [2.45, 2.75) is 45.2 Å². The molecule has 2 N–H and O–H groups in total. The number of nitrogens with one attached hydrogen (secondary N) is 2. The van der Waals surface area contributed by atoms with Crippen molar-refractivity contribution in [2.75, 3.05) is 16.8 Å². The molecule has 2 heterocycles. The van der Waals surface area contributed by atoms with Crippen LogP contribution in [0.4, 0.5) is 11.8 Å². The molecule has 2 atom stereocenters. The van der Waals surface area contributed by atoms with E-state index in [0.29, 0.717) is 23.0 Å². The molecular weight excluding hydrogens is 418 g/mol. The molecule has 1 saturated heterocycles. The molecule has 166 valence electrons. The first-order chi connectivity index (χ1) is 15.6. The highest BCUT2D eigenvalue weighted by Crippen LogP contribution is 2.28. The van der Waals surface area contributed by atoms with Crippen LogP contribution in [0.25, 0.3) is 0 Å². The first kappa shape index (κ1) is 22.0. The topological polar surface area (TPSA) is 62.3 Å². The van der Waals surface area contributed by atoms with Crippen LogP contribution in [0, 0.1) is 0 Å². The molecule has 2 unspecified atom stereocenters. The molecule has 3 aromatic rings. The van der Waals surface area contributed by atoms with Crippen LogP contribution in [-0.2, 0) is 0 Å². The summed E-state index contributed by atoms with van der Waals surface area (Å²) in [5, 5.41) is 6.93. The van der Waals surface area contributed by atoms with E-state index in [4.69, 9.17) is 21.9 Å². The van der Waals surface area contributed by atoms with Crippen LogP contribution in [0.3, 0.4) is 0 Å². The molecule has 0 radical (unpaired) electrons. The van der Waals surface area contributed by atoms with E-state index in [1.165, 1.54) is 6.42 Å². The fourth-order valence-corrected chi connectivity index (χ4v) is 4.14. The molecule has 1 fully saturated rings. The van der Waals surface area contributed by atoms with E-state index in [9.17, 15) is 0 Å². The van der Waals surface area contributed by atoms with E-state index in [2.05, 4.69) is 46.5 Å². The summed E-state index contributed by atoms with van der Waals surface area (Å²) >= 11 is 5.55. The predicted molar refractivity (Wildman–Crippen MR) is 133 cm³/mol. The number of anilines is 2. The Bertz CT molecular complexity index is 1030. The van der Waals surface area contributed by atoms with Gasteiger partial charge in [0.05, 0.1) is 6.04 Å². The van der Waals surface area contributed by atoms with Gasteiger partial charge in [0, 0.05) is 18.7 Å². The Balaban J connectivity index is 1.54. The lowest BCUT2D eigenvalue weighted by molar-refractivity contribution is 0.457. The van der Waals surface area contributed by atoms with Crippen molar-refractivity contribution in [1.82, 2.24) is 15.3 Å². The lowest BCUT2D eigenvalue weighted by Gasteiger charge is -2.34. The maximum absolute atomic E-state index is 6.04. The maximum atomic E-state index is 6.04. The van der Waals surface area contributed by atoms with Gasteiger partial charge in [-0.1, -0.05) is 48.5 Å². The van der Waals surface area contributed by atoms with E-state index in [-0.39, 0.29) is 6.04 Å². The molecule has 7 heteroatoms. The van der Waals surface area contributed by atoms with Crippen molar-refractivity contribution >= 4 is 29.1 Å². The summed E-state index contributed by atoms with van der Waals surface area (Å²) in [4.78, 5) is 11.7. The van der Waals surface area contributed by atoms with E-state index in [1.807, 2.05) is 54.6 Å². The van der Waals surface area contributed by atoms with Gasteiger partial charge in [-0.2, -0.15) is 9.97 Å². The molecule has 32 heavy (non-hydrogen) atoms. The minimum Gasteiger partial charge on any atom is -0.439 e. The third-order valence-corrected chi connectivity index (χ3v) is 5.84. The van der Waals surface area contributed by atoms with Gasteiger partial charge in [0.1, 0.15) is 11.6 Å².